The van der Waals surface area contributed by atoms with Crippen LogP contribution in [0.1, 0.15) is 6.92 Å². The molecule has 0 unspecified atom stereocenters. The molecule has 0 aromatic carbocycles. The normalized spacial score (nSPS) is 9.00. The standard InChI is InChI=1S/C2H8OSi.C2H10Si2/c1-2-3-4;1-4(2)3/h2H2,1,4H3;4H,1-3H3. The van der Waals surface area contributed by atoms with Gasteiger partial charge in [-0.15, -0.1) is 0 Å². The van der Waals surface area contributed by atoms with Gasteiger partial charge in [-0.2, -0.15) is 0 Å². The number of rotatable bonds is 1. The van der Waals surface area contributed by atoms with E-state index in [4.69, 9.17) is 0 Å². The zero-order valence-corrected chi connectivity index (χ0v) is 11.8. The van der Waals surface area contributed by atoms with Crippen molar-refractivity contribution in [2.24, 2.45) is 0 Å². The van der Waals surface area contributed by atoms with Gasteiger partial charge in [0.25, 0.3) is 0 Å². The van der Waals surface area contributed by atoms with Crippen LogP contribution in [0.5, 0.6) is 0 Å². The topological polar surface area (TPSA) is 9.23 Å². The highest BCUT2D eigenvalue weighted by atomic mass is 29.1. The smallest absolute Gasteiger partial charge is 0.145 e. The zero-order chi connectivity index (χ0) is 6.99. The molecule has 0 spiro atoms. The second kappa shape index (κ2) is 10.6. The Morgan fingerprint density at radius 2 is 1.62 bits per heavy atom. The lowest BCUT2D eigenvalue weighted by Crippen LogP contribution is -1.94. The van der Waals surface area contributed by atoms with Gasteiger partial charge in [-0.05, 0) is 16.7 Å². The molecule has 0 rings (SSSR count). The van der Waals surface area contributed by atoms with E-state index in [1.165, 1.54) is 9.76 Å². The summed E-state index contributed by atoms with van der Waals surface area (Å²) in [6.07, 6.45) is 0. The van der Waals surface area contributed by atoms with Crippen LogP contribution < -0.4 is 0 Å². The lowest BCUT2D eigenvalue weighted by Gasteiger charge is -1.77. The molecule has 0 amide bonds. The van der Waals surface area contributed by atoms with Gasteiger partial charge in [0, 0.05) is 14.9 Å². The molecule has 0 heterocycles. The van der Waals surface area contributed by atoms with Gasteiger partial charge >= 0.3 is 0 Å². The summed E-state index contributed by atoms with van der Waals surface area (Å²) < 4.78 is 4.68. The average Bonchev–Trinajstić information content (AvgIpc) is 1.65. The Kier molecular flexibility index (Phi) is 15.1. The van der Waals surface area contributed by atoms with Gasteiger partial charge < -0.3 is 4.43 Å². The molecule has 52 valence electrons. The van der Waals surface area contributed by atoms with E-state index in [0.29, 0.717) is 0 Å². The van der Waals surface area contributed by atoms with Crippen molar-refractivity contribution < 1.29 is 4.43 Å². The minimum absolute atomic E-state index is 0.000000000000000222. The molecule has 0 saturated heterocycles. The van der Waals surface area contributed by atoms with Crippen LogP contribution in [0.4, 0.5) is 0 Å². The molecule has 4 heteroatoms. The van der Waals surface area contributed by atoms with Gasteiger partial charge in [-0.1, -0.05) is 13.1 Å². The van der Waals surface area contributed by atoms with Crippen LogP contribution >= 0.6 is 0 Å². The maximum absolute atomic E-state index is 4.68. The quantitative estimate of drug-likeness (QED) is 0.437. The van der Waals surface area contributed by atoms with Crippen LogP contribution in [0, 0.1) is 0 Å². The highest BCUT2D eigenvalue weighted by Gasteiger charge is 1.71. The van der Waals surface area contributed by atoms with Crippen LogP contribution in [0.2, 0.25) is 13.1 Å². The predicted octanol–water partition coefficient (Wildman–Crippen LogP) is -1.36. The fourth-order valence-electron chi connectivity index (χ4n) is 0. The lowest BCUT2D eigenvalue weighted by atomic mass is 10.9. The van der Waals surface area contributed by atoms with Crippen molar-refractivity contribution in [1.29, 1.82) is 0 Å². The second-order valence-corrected chi connectivity index (χ2v) is 13.3. The van der Waals surface area contributed by atoms with Gasteiger partial charge in [0.2, 0.25) is 0 Å². The molecular formula is C4H18OSi3. The molecule has 0 N–H and O–H groups in total. The first-order chi connectivity index (χ1) is 3.65. The Morgan fingerprint density at radius 3 is 1.62 bits per heavy atom. The predicted molar refractivity (Wildman–Crippen MR) is 50.4 cm³/mol. The molecule has 0 aliphatic carbocycles. The Balaban J connectivity index is 0. The van der Waals surface area contributed by atoms with Crippen molar-refractivity contribution in [1.82, 2.24) is 0 Å². The first-order valence-electron chi connectivity index (χ1n) is 3.14. The van der Waals surface area contributed by atoms with Crippen LogP contribution in [0.15, 0.2) is 0 Å². The molecule has 0 aromatic rings. The summed E-state index contributed by atoms with van der Waals surface area (Å²) in [4.78, 5) is 0. The minimum atomic E-state index is -0.000000000000000222. The summed E-state index contributed by atoms with van der Waals surface area (Å²) in [7, 11) is 2.38. The molecule has 1 nitrogen and oxygen atoms in total. The number of hydrogen-bond donors (Lipinski definition) is 0. The minimum Gasteiger partial charge on any atom is -0.428 e. The van der Waals surface area contributed by atoms with E-state index >= 15 is 0 Å². The van der Waals surface area contributed by atoms with Crippen molar-refractivity contribution in [3.63, 3.8) is 0 Å². The Morgan fingerprint density at radius 1 is 1.50 bits per heavy atom. The van der Waals surface area contributed by atoms with Crippen molar-refractivity contribution in [3.8, 4) is 0 Å². The van der Waals surface area contributed by atoms with E-state index in [-0.39, 0.29) is 8.31 Å². The Labute approximate surface area is 60.2 Å². The summed E-state index contributed by atoms with van der Waals surface area (Å²) in [5.74, 6) is 0. The third kappa shape index (κ3) is 80.2. The van der Waals surface area contributed by atoms with E-state index in [1.54, 1.807) is 0 Å². The third-order valence-corrected chi connectivity index (χ3v) is 0.866. The fourth-order valence-corrected chi connectivity index (χ4v) is 0. The molecule has 0 radical (unpaired) electrons. The Hall–Kier alpha value is 0.611. The highest BCUT2D eigenvalue weighted by Crippen LogP contribution is 1.59. The van der Waals surface area contributed by atoms with Gasteiger partial charge in [0.1, 0.15) is 10.5 Å². The van der Waals surface area contributed by atoms with Crippen LogP contribution in [-0.4, -0.2) is 35.2 Å². The van der Waals surface area contributed by atoms with Gasteiger partial charge in [-0.3, -0.25) is 0 Å². The maximum atomic E-state index is 4.68. The monoisotopic (exact) mass is 166 g/mol. The number of hydrogen-bond acceptors (Lipinski definition) is 1. The molecule has 0 aliphatic heterocycles. The second-order valence-electron chi connectivity index (χ2n) is 2.31. The molecule has 0 aliphatic rings. The first kappa shape index (κ1) is 11.4. The van der Waals surface area contributed by atoms with Crippen molar-refractivity contribution >= 4 is 28.6 Å². The van der Waals surface area contributed by atoms with Gasteiger partial charge in [0.15, 0.2) is 0 Å². The first-order valence-corrected chi connectivity index (χ1v) is 10.9. The lowest BCUT2D eigenvalue weighted by molar-refractivity contribution is 0.375. The van der Waals surface area contributed by atoms with Crippen molar-refractivity contribution in [2.45, 2.75) is 20.0 Å². The fraction of sp³-hybridized carbons (Fsp3) is 1.00. The van der Waals surface area contributed by atoms with E-state index in [9.17, 15) is 0 Å². The zero-order valence-electron chi connectivity index (χ0n) is 6.69. The largest absolute Gasteiger partial charge is 0.428 e. The van der Waals surface area contributed by atoms with Crippen LogP contribution in [0.3, 0.4) is 0 Å². The summed E-state index contributed by atoms with van der Waals surface area (Å²) in [6, 6.07) is 0. The molecule has 0 bridgehead atoms. The average molecular weight is 166 g/mol. The van der Waals surface area contributed by atoms with Crippen molar-refractivity contribution in [3.05, 3.63) is 0 Å². The summed E-state index contributed by atoms with van der Waals surface area (Å²) in [6.45, 7) is 7.61. The van der Waals surface area contributed by atoms with Crippen LogP contribution in [0.25, 0.3) is 0 Å². The van der Waals surface area contributed by atoms with Crippen LogP contribution in [-0.2, 0) is 4.43 Å². The molecule has 0 aromatic heterocycles. The highest BCUT2D eigenvalue weighted by molar-refractivity contribution is 7.01. The van der Waals surface area contributed by atoms with E-state index in [0.717, 1.165) is 17.1 Å². The maximum Gasteiger partial charge on any atom is 0.145 e. The third-order valence-electron chi connectivity index (χ3n) is 0.289. The SMILES string of the molecule is CCO[SiH3].C[SiH](C)[SiH3]. The molecule has 0 atom stereocenters. The molecule has 0 saturated carbocycles. The molecular weight excluding hydrogens is 148 g/mol. The van der Waals surface area contributed by atoms with Gasteiger partial charge in [-0.25, -0.2) is 0 Å². The Bertz CT molecular complexity index is 27.7. The summed E-state index contributed by atoms with van der Waals surface area (Å²) in [5.41, 5.74) is 0. The summed E-state index contributed by atoms with van der Waals surface area (Å²) in [5, 5.41) is 0. The summed E-state index contributed by atoms with van der Waals surface area (Å²) >= 11 is 0. The molecule has 8 heavy (non-hydrogen) atoms. The van der Waals surface area contributed by atoms with E-state index in [2.05, 4.69) is 17.5 Å². The van der Waals surface area contributed by atoms with E-state index < -0.39 is 0 Å². The van der Waals surface area contributed by atoms with Crippen molar-refractivity contribution in [2.75, 3.05) is 6.61 Å². The van der Waals surface area contributed by atoms with E-state index in [1.807, 2.05) is 6.92 Å². The molecule has 0 fully saturated rings. The van der Waals surface area contributed by atoms with Gasteiger partial charge in [0.05, 0.1) is 0 Å².